The zero-order valence-corrected chi connectivity index (χ0v) is 9.47. The van der Waals surface area contributed by atoms with Crippen molar-refractivity contribution in [3.63, 3.8) is 0 Å². The minimum absolute atomic E-state index is 0.642. The molecule has 0 spiro atoms. The predicted octanol–water partition coefficient (Wildman–Crippen LogP) is 3.07. The fourth-order valence-corrected chi connectivity index (χ4v) is 2.40. The summed E-state index contributed by atoms with van der Waals surface area (Å²) in [6.07, 6.45) is 2.79. The molecule has 2 aliphatic rings. The Labute approximate surface area is 92.2 Å². The first-order valence-corrected chi connectivity index (χ1v) is 5.92. The molecule has 1 saturated carbocycles. The lowest BCUT2D eigenvalue weighted by molar-refractivity contribution is 0.653. The second-order valence-corrected chi connectivity index (χ2v) is 5.07. The zero-order chi connectivity index (χ0) is 9.54. The van der Waals surface area contributed by atoms with Crippen molar-refractivity contribution in [2.24, 2.45) is 5.92 Å². The highest BCUT2D eigenvalue weighted by molar-refractivity contribution is 9.10. The van der Waals surface area contributed by atoms with E-state index < -0.39 is 0 Å². The molecule has 0 aromatic heterocycles. The number of hydrogen-bond acceptors (Lipinski definition) is 2. The van der Waals surface area contributed by atoms with Gasteiger partial charge in [-0.15, -0.1) is 0 Å². The molecule has 74 valence electrons. The van der Waals surface area contributed by atoms with E-state index in [9.17, 15) is 0 Å². The molecule has 3 heteroatoms. The van der Waals surface area contributed by atoms with Crippen LogP contribution in [-0.4, -0.2) is 12.6 Å². The van der Waals surface area contributed by atoms with Crippen LogP contribution in [0, 0.1) is 5.92 Å². The quantitative estimate of drug-likeness (QED) is 0.803. The van der Waals surface area contributed by atoms with Gasteiger partial charge in [0.05, 0.1) is 11.4 Å². The standard InChI is InChI=1S/C11H13BrN2/c12-8-3-4-9-10(5-8)13-6-11(14-9)7-1-2-7/h3-5,7,11,13-14H,1-2,6H2. The van der Waals surface area contributed by atoms with Crippen LogP contribution in [0.5, 0.6) is 0 Å². The Balaban J connectivity index is 1.86. The Morgan fingerprint density at radius 1 is 1.21 bits per heavy atom. The summed E-state index contributed by atoms with van der Waals surface area (Å²) in [6, 6.07) is 7.00. The monoisotopic (exact) mass is 252 g/mol. The minimum atomic E-state index is 0.642. The lowest BCUT2D eigenvalue weighted by Gasteiger charge is -2.28. The van der Waals surface area contributed by atoms with Gasteiger partial charge in [-0.2, -0.15) is 0 Å². The average molecular weight is 253 g/mol. The number of rotatable bonds is 1. The van der Waals surface area contributed by atoms with Crippen LogP contribution in [0.3, 0.4) is 0 Å². The van der Waals surface area contributed by atoms with E-state index in [4.69, 9.17) is 0 Å². The van der Waals surface area contributed by atoms with Crippen LogP contribution in [0.4, 0.5) is 11.4 Å². The smallest absolute Gasteiger partial charge is 0.0588 e. The molecule has 1 atom stereocenters. The maximum Gasteiger partial charge on any atom is 0.0588 e. The predicted molar refractivity (Wildman–Crippen MR) is 62.8 cm³/mol. The lowest BCUT2D eigenvalue weighted by atomic mass is 10.1. The normalized spacial score (nSPS) is 24.8. The summed E-state index contributed by atoms with van der Waals surface area (Å²) in [5.74, 6) is 0.902. The van der Waals surface area contributed by atoms with E-state index in [1.807, 2.05) is 0 Å². The van der Waals surface area contributed by atoms with Crippen molar-refractivity contribution in [1.29, 1.82) is 0 Å². The molecule has 0 bridgehead atoms. The molecule has 0 amide bonds. The summed E-state index contributed by atoms with van der Waals surface area (Å²) in [4.78, 5) is 0. The highest BCUT2D eigenvalue weighted by Gasteiger charge is 2.33. The van der Waals surface area contributed by atoms with Crippen molar-refractivity contribution in [3.8, 4) is 0 Å². The van der Waals surface area contributed by atoms with Crippen molar-refractivity contribution >= 4 is 27.3 Å². The summed E-state index contributed by atoms with van der Waals surface area (Å²) in [7, 11) is 0. The molecule has 1 unspecified atom stereocenters. The van der Waals surface area contributed by atoms with Crippen LogP contribution in [0.15, 0.2) is 22.7 Å². The van der Waals surface area contributed by atoms with Crippen LogP contribution in [0.1, 0.15) is 12.8 Å². The van der Waals surface area contributed by atoms with Gasteiger partial charge in [0.25, 0.3) is 0 Å². The molecule has 14 heavy (non-hydrogen) atoms. The Morgan fingerprint density at radius 2 is 2.07 bits per heavy atom. The fraction of sp³-hybridized carbons (Fsp3) is 0.455. The molecular weight excluding hydrogens is 240 g/mol. The molecule has 1 aromatic rings. The Hall–Kier alpha value is -0.700. The first kappa shape index (κ1) is 8.60. The van der Waals surface area contributed by atoms with Crippen LogP contribution in [-0.2, 0) is 0 Å². The lowest BCUT2D eigenvalue weighted by Crippen LogP contribution is -2.34. The van der Waals surface area contributed by atoms with Crippen LogP contribution >= 0.6 is 15.9 Å². The zero-order valence-electron chi connectivity index (χ0n) is 7.89. The molecule has 1 fully saturated rings. The third-order valence-electron chi connectivity index (χ3n) is 3.03. The van der Waals surface area contributed by atoms with E-state index in [2.05, 4.69) is 44.8 Å². The van der Waals surface area contributed by atoms with Gasteiger partial charge in [-0.1, -0.05) is 15.9 Å². The van der Waals surface area contributed by atoms with Crippen LogP contribution in [0.25, 0.3) is 0 Å². The molecule has 2 N–H and O–H groups in total. The maximum atomic E-state index is 3.60. The number of halogens is 1. The summed E-state index contributed by atoms with van der Waals surface area (Å²) in [5.41, 5.74) is 2.47. The minimum Gasteiger partial charge on any atom is -0.381 e. The van der Waals surface area contributed by atoms with E-state index in [-0.39, 0.29) is 0 Å². The molecule has 1 heterocycles. The number of anilines is 2. The van der Waals surface area contributed by atoms with Gasteiger partial charge in [0.15, 0.2) is 0 Å². The van der Waals surface area contributed by atoms with E-state index in [0.29, 0.717) is 6.04 Å². The molecule has 1 aliphatic carbocycles. The van der Waals surface area contributed by atoms with Crippen molar-refractivity contribution in [2.75, 3.05) is 17.2 Å². The largest absolute Gasteiger partial charge is 0.381 e. The van der Waals surface area contributed by atoms with Gasteiger partial charge in [0.2, 0.25) is 0 Å². The van der Waals surface area contributed by atoms with Gasteiger partial charge in [-0.3, -0.25) is 0 Å². The van der Waals surface area contributed by atoms with E-state index in [0.717, 1.165) is 16.9 Å². The summed E-state index contributed by atoms with van der Waals surface area (Å²) in [6.45, 7) is 1.06. The maximum absolute atomic E-state index is 3.60. The first-order chi connectivity index (χ1) is 6.83. The van der Waals surface area contributed by atoms with Crippen LogP contribution < -0.4 is 10.6 Å². The number of fused-ring (bicyclic) bond motifs is 1. The molecule has 3 rings (SSSR count). The van der Waals surface area contributed by atoms with Gasteiger partial charge in [0, 0.05) is 17.1 Å². The van der Waals surface area contributed by atoms with Gasteiger partial charge in [-0.25, -0.2) is 0 Å². The molecule has 1 aliphatic heterocycles. The SMILES string of the molecule is Brc1ccc2c(c1)NCC(C1CC1)N2. The van der Waals surface area contributed by atoms with Gasteiger partial charge < -0.3 is 10.6 Å². The molecule has 1 aromatic carbocycles. The van der Waals surface area contributed by atoms with Crippen molar-refractivity contribution in [3.05, 3.63) is 22.7 Å². The van der Waals surface area contributed by atoms with Gasteiger partial charge >= 0.3 is 0 Å². The fourth-order valence-electron chi connectivity index (χ4n) is 2.04. The van der Waals surface area contributed by atoms with Gasteiger partial charge in [-0.05, 0) is 37.0 Å². The number of hydrogen-bond donors (Lipinski definition) is 2. The van der Waals surface area contributed by atoms with Crippen molar-refractivity contribution in [1.82, 2.24) is 0 Å². The second kappa shape index (κ2) is 3.16. The first-order valence-electron chi connectivity index (χ1n) is 5.13. The van der Waals surface area contributed by atoms with E-state index >= 15 is 0 Å². The molecule has 0 saturated heterocycles. The third-order valence-corrected chi connectivity index (χ3v) is 3.52. The molecule has 0 radical (unpaired) electrons. The van der Waals surface area contributed by atoms with Crippen LogP contribution in [0.2, 0.25) is 0 Å². The van der Waals surface area contributed by atoms with Gasteiger partial charge in [0.1, 0.15) is 0 Å². The topological polar surface area (TPSA) is 24.1 Å². The van der Waals surface area contributed by atoms with Crippen molar-refractivity contribution < 1.29 is 0 Å². The highest BCUT2D eigenvalue weighted by Crippen LogP contribution is 2.38. The molecular formula is C11H13BrN2. The number of benzene rings is 1. The second-order valence-electron chi connectivity index (χ2n) is 4.16. The van der Waals surface area contributed by atoms with Crippen molar-refractivity contribution in [2.45, 2.75) is 18.9 Å². The Bertz CT molecular complexity index is 360. The Morgan fingerprint density at radius 3 is 2.86 bits per heavy atom. The summed E-state index contributed by atoms with van der Waals surface area (Å²) >= 11 is 3.48. The molecule has 2 nitrogen and oxygen atoms in total. The summed E-state index contributed by atoms with van der Waals surface area (Å²) in [5, 5.41) is 7.09. The number of nitrogens with one attached hydrogen (secondary N) is 2. The Kier molecular flexibility index (Phi) is 1.94. The highest BCUT2D eigenvalue weighted by atomic mass is 79.9. The summed E-state index contributed by atoms with van der Waals surface area (Å²) < 4.78 is 1.13. The van der Waals surface area contributed by atoms with E-state index in [1.165, 1.54) is 24.2 Å². The van der Waals surface area contributed by atoms with E-state index in [1.54, 1.807) is 0 Å². The average Bonchev–Trinajstić information content (AvgIpc) is 3.00. The third kappa shape index (κ3) is 1.50.